The lowest BCUT2D eigenvalue weighted by Crippen LogP contribution is -2.24. The van der Waals surface area contributed by atoms with Crippen molar-refractivity contribution in [1.29, 1.82) is 0 Å². The van der Waals surface area contributed by atoms with Crippen LogP contribution in [0.15, 0.2) is 23.0 Å². The lowest BCUT2D eigenvalue weighted by molar-refractivity contribution is 0.0695. The van der Waals surface area contributed by atoms with E-state index in [1.807, 2.05) is 4.98 Å². The number of nitrogen functional groups attached to an aromatic ring is 1. The van der Waals surface area contributed by atoms with Gasteiger partial charge in [0.05, 0.1) is 0 Å². The van der Waals surface area contributed by atoms with Gasteiger partial charge in [-0.05, 0) is 23.3 Å². The molecule has 0 amide bonds. The average molecular weight is 385 g/mol. The van der Waals surface area contributed by atoms with Gasteiger partial charge in [0.25, 0.3) is 5.56 Å². The molecule has 120 valence electrons. The van der Waals surface area contributed by atoms with Crippen molar-refractivity contribution in [3.05, 3.63) is 51.1 Å². The van der Waals surface area contributed by atoms with Gasteiger partial charge < -0.3 is 20.9 Å². The zero-order chi connectivity index (χ0) is 17.3. The third kappa shape index (κ3) is 2.95. The fourth-order valence-corrected chi connectivity index (χ4v) is 2.70. The first kappa shape index (κ1) is 16.7. The molecular weight excluding hydrogens is 375 g/mol. The summed E-state index contributed by atoms with van der Waals surface area (Å²) in [6.07, 6.45) is 0. The highest BCUT2D eigenvalue weighted by molar-refractivity contribution is 9.08. The minimum Gasteiger partial charge on any atom is -0.478 e. The van der Waals surface area contributed by atoms with Crippen LogP contribution in [-0.2, 0) is 5.33 Å². The summed E-state index contributed by atoms with van der Waals surface area (Å²) in [4.78, 5) is 36.8. The van der Waals surface area contributed by atoms with E-state index in [1.54, 1.807) is 0 Å². The SMILES string of the molecule is Nc1[nH]c(=O)c(C(=O)O)c(-c2ccc(F)cc2CBr)c1C(=O)O. The molecule has 1 heterocycles. The highest BCUT2D eigenvalue weighted by Gasteiger charge is 2.27. The summed E-state index contributed by atoms with van der Waals surface area (Å²) in [7, 11) is 0. The van der Waals surface area contributed by atoms with Crippen molar-refractivity contribution >= 4 is 33.7 Å². The van der Waals surface area contributed by atoms with Crippen LogP contribution in [0.4, 0.5) is 10.2 Å². The number of aromatic amines is 1. The smallest absolute Gasteiger partial charge is 0.342 e. The summed E-state index contributed by atoms with van der Waals surface area (Å²) in [5, 5.41) is 18.7. The molecule has 0 aliphatic carbocycles. The molecule has 0 aliphatic rings. The van der Waals surface area contributed by atoms with E-state index in [-0.39, 0.29) is 22.0 Å². The number of benzene rings is 1. The van der Waals surface area contributed by atoms with E-state index in [4.69, 9.17) is 5.73 Å². The number of alkyl halides is 1. The first-order chi connectivity index (χ1) is 10.8. The monoisotopic (exact) mass is 384 g/mol. The molecule has 0 saturated heterocycles. The molecule has 0 spiro atoms. The molecule has 5 N–H and O–H groups in total. The lowest BCUT2D eigenvalue weighted by atomic mass is 9.92. The number of carboxylic acid groups (broad SMARTS) is 2. The molecule has 1 aromatic heterocycles. The van der Waals surface area contributed by atoms with Crippen LogP contribution in [0.5, 0.6) is 0 Å². The predicted octanol–water partition coefficient (Wildman–Crippen LogP) is 2.05. The minimum absolute atomic E-state index is 0.0934. The summed E-state index contributed by atoms with van der Waals surface area (Å²) in [5.74, 6) is -4.20. The highest BCUT2D eigenvalue weighted by Crippen LogP contribution is 2.33. The van der Waals surface area contributed by atoms with Crippen LogP contribution in [0.25, 0.3) is 11.1 Å². The van der Waals surface area contributed by atoms with Gasteiger partial charge >= 0.3 is 11.9 Å². The lowest BCUT2D eigenvalue weighted by Gasteiger charge is -2.14. The minimum atomic E-state index is -1.62. The molecule has 0 atom stereocenters. The Bertz CT molecular complexity index is 878. The summed E-state index contributed by atoms with van der Waals surface area (Å²) in [6.45, 7) is 0. The molecule has 0 fully saturated rings. The quantitative estimate of drug-likeness (QED) is 0.596. The number of nitrogens with one attached hydrogen (secondary N) is 1. The number of hydrogen-bond donors (Lipinski definition) is 4. The van der Waals surface area contributed by atoms with Crippen LogP contribution in [0, 0.1) is 5.82 Å². The topological polar surface area (TPSA) is 133 Å². The molecule has 2 aromatic rings. The van der Waals surface area contributed by atoms with E-state index in [1.165, 1.54) is 6.07 Å². The maximum absolute atomic E-state index is 13.4. The summed E-state index contributed by atoms with van der Waals surface area (Å²) >= 11 is 3.12. The number of nitrogens with two attached hydrogens (primary N) is 1. The fourth-order valence-electron chi connectivity index (χ4n) is 2.23. The number of carbonyl (C=O) groups is 2. The van der Waals surface area contributed by atoms with Gasteiger partial charge in [0.2, 0.25) is 0 Å². The summed E-state index contributed by atoms with van der Waals surface area (Å²) in [6, 6.07) is 3.36. The molecule has 0 unspecified atom stereocenters. The fraction of sp³-hybridized carbons (Fsp3) is 0.0714. The second kappa shape index (κ2) is 6.21. The Morgan fingerprint density at radius 3 is 2.35 bits per heavy atom. The highest BCUT2D eigenvalue weighted by atomic mass is 79.9. The maximum Gasteiger partial charge on any atom is 0.342 e. The Kier molecular flexibility index (Phi) is 4.50. The van der Waals surface area contributed by atoms with Gasteiger partial charge in [0, 0.05) is 10.9 Å². The molecule has 9 heteroatoms. The Hall–Kier alpha value is -2.68. The number of aromatic carboxylic acids is 2. The zero-order valence-electron chi connectivity index (χ0n) is 11.4. The normalized spacial score (nSPS) is 10.5. The number of anilines is 1. The number of rotatable bonds is 4. The van der Waals surface area contributed by atoms with Gasteiger partial charge in [0.1, 0.15) is 22.8 Å². The Morgan fingerprint density at radius 2 is 1.83 bits per heavy atom. The predicted molar refractivity (Wildman–Crippen MR) is 83.4 cm³/mol. The first-order valence-electron chi connectivity index (χ1n) is 6.15. The molecule has 0 aliphatic heterocycles. The average Bonchev–Trinajstić information content (AvgIpc) is 2.45. The summed E-state index contributed by atoms with van der Waals surface area (Å²) < 4.78 is 13.4. The number of halogens is 2. The van der Waals surface area contributed by atoms with Crippen LogP contribution >= 0.6 is 15.9 Å². The van der Waals surface area contributed by atoms with Gasteiger partial charge in [-0.15, -0.1) is 0 Å². The van der Waals surface area contributed by atoms with Crippen molar-refractivity contribution in [3.8, 4) is 11.1 Å². The number of aromatic nitrogens is 1. The number of hydrogen-bond acceptors (Lipinski definition) is 4. The van der Waals surface area contributed by atoms with Crippen molar-refractivity contribution in [1.82, 2.24) is 4.98 Å². The third-order valence-electron chi connectivity index (χ3n) is 3.15. The third-order valence-corrected chi connectivity index (χ3v) is 3.76. The Morgan fingerprint density at radius 1 is 1.22 bits per heavy atom. The van der Waals surface area contributed by atoms with Crippen molar-refractivity contribution in [2.75, 3.05) is 5.73 Å². The van der Waals surface area contributed by atoms with Gasteiger partial charge in [-0.25, -0.2) is 14.0 Å². The van der Waals surface area contributed by atoms with E-state index in [9.17, 15) is 29.0 Å². The molecule has 23 heavy (non-hydrogen) atoms. The molecular formula is C14H10BrFN2O5. The Labute approximate surface area is 136 Å². The van der Waals surface area contributed by atoms with Crippen LogP contribution in [0.1, 0.15) is 26.3 Å². The van der Waals surface area contributed by atoms with Crippen LogP contribution in [-0.4, -0.2) is 27.1 Å². The van der Waals surface area contributed by atoms with Crippen LogP contribution < -0.4 is 11.3 Å². The maximum atomic E-state index is 13.4. The molecule has 0 radical (unpaired) electrons. The number of carboxylic acids is 2. The van der Waals surface area contributed by atoms with Gasteiger partial charge in [0.15, 0.2) is 0 Å². The molecule has 1 aromatic carbocycles. The zero-order valence-corrected chi connectivity index (χ0v) is 13.0. The first-order valence-corrected chi connectivity index (χ1v) is 7.27. The van der Waals surface area contributed by atoms with Crippen molar-refractivity contribution in [2.45, 2.75) is 5.33 Å². The van der Waals surface area contributed by atoms with Crippen molar-refractivity contribution in [3.63, 3.8) is 0 Å². The van der Waals surface area contributed by atoms with Gasteiger partial charge in [-0.2, -0.15) is 0 Å². The number of pyridine rings is 1. The van der Waals surface area contributed by atoms with E-state index < -0.39 is 40.3 Å². The second-order valence-electron chi connectivity index (χ2n) is 4.54. The van der Waals surface area contributed by atoms with Gasteiger partial charge in [-0.3, -0.25) is 4.79 Å². The molecule has 0 saturated carbocycles. The standard InChI is InChI=1S/C14H10BrFN2O5/c15-4-5-3-6(16)1-2-7(5)8-9(13(20)21)11(17)18-12(19)10(8)14(22)23/h1-3H,4H2,(H,20,21)(H,22,23)(H3,17,18,19). The number of H-pyrrole nitrogens is 1. The van der Waals surface area contributed by atoms with E-state index in [0.717, 1.165) is 12.1 Å². The Balaban J connectivity index is 3.03. The van der Waals surface area contributed by atoms with Crippen molar-refractivity contribution in [2.24, 2.45) is 0 Å². The van der Waals surface area contributed by atoms with E-state index in [0.29, 0.717) is 0 Å². The summed E-state index contributed by atoms with van der Waals surface area (Å²) in [5.41, 5.74) is 3.17. The van der Waals surface area contributed by atoms with Crippen LogP contribution in [0.2, 0.25) is 0 Å². The van der Waals surface area contributed by atoms with Crippen LogP contribution in [0.3, 0.4) is 0 Å². The van der Waals surface area contributed by atoms with E-state index >= 15 is 0 Å². The van der Waals surface area contributed by atoms with E-state index in [2.05, 4.69) is 15.9 Å². The second-order valence-corrected chi connectivity index (χ2v) is 5.10. The molecule has 0 bridgehead atoms. The van der Waals surface area contributed by atoms with Crippen molar-refractivity contribution < 1.29 is 24.2 Å². The van der Waals surface area contributed by atoms with Gasteiger partial charge in [-0.1, -0.05) is 22.0 Å². The molecule has 7 nitrogen and oxygen atoms in total. The largest absolute Gasteiger partial charge is 0.478 e. The molecule has 2 rings (SSSR count).